The number of fused-ring (bicyclic) bond motifs is 2. The average Bonchev–Trinajstić information content (AvgIpc) is 2.58. The number of aliphatic hydroxyl groups excluding tert-OH is 1. The number of likely N-dealkylation sites (tertiary alicyclic amines) is 1. The van der Waals surface area contributed by atoms with Gasteiger partial charge in [0.2, 0.25) is 0 Å². The average molecular weight is 211 g/mol. The second-order valence-corrected chi connectivity index (χ2v) is 5.33. The van der Waals surface area contributed by atoms with Crippen molar-refractivity contribution in [2.45, 2.75) is 62.9 Å². The summed E-state index contributed by atoms with van der Waals surface area (Å²) in [5, 5.41) is 10.0. The molecular formula is C12H21NO2. The molecule has 0 aromatic rings. The third kappa shape index (κ3) is 1.93. The van der Waals surface area contributed by atoms with Crippen molar-refractivity contribution in [1.29, 1.82) is 0 Å². The van der Waals surface area contributed by atoms with Gasteiger partial charge in [-0.25, -0.2) is 0 Å². The molecule has 0 radical (unpaired) electrons. The Morgan fingerprint density at radius 1 is 0.933 bits per heavy atom. The molecule has 1 saturated carbocycles. The van der Waals surface area contributed by atoms with Crippen LogP contribution in [0.3, 0.4) is 0 Å². The molecule has 3 fully saturated rings. The quantitative estimate of drug-likeness (QED) is 0.706. The van der Waals surface area contributed by atoms with Crippen LogP contribution in [0.5, 0.6) is 0 Å². The second-order valence-electron chi connectivity index (χ2n) is 5.33. The Labute approximate surface area is 91.4 Å². The minimum Gasteiger partial charge on any atom is -0.391 e. The first-order valence-electron chi connectivity index (χ1n) is 6.40. The molecule has 2 aliphatic heterocycles. The fourth-order valence-corrected chi connectivity index (χ4v) is 3.43. The Morgan fingerprint density at radius 2 is 1.60 bits per heavy atom. The molecule has 3 aliphatic rings. The Bertz CT molecular complexity index is 222. The SMILES string of the molecule is O[C@H]1CCCC[C@@H]1N1CC2CCC(C1)O2. The molecule has 86 valence electrons. The maximum atomic E-state index is 10.0. The number of nitrogens with zero attached hydrogens (tertiary/aromatic N) is 1. The van der Waals surface area contributed by atoms with Crippen LogP contribution in [0.2, 0.25) is 0 Å². The molecule has 2 unspecified atom stereocenters. The third-order valence-corrected chi connectivity index (χ3v) is 4.23. The lowest BCUT2D eigenvalue weighted by Crippen LogP contribution is -2.53. The Morgan fingerprint density at radius 3 is 2.27 bits per heavy atom. The zero-order valence-electron chi connectivity index (χ0n) is 9.27. The molecular weight excluding hydrogens is 190 g/mol. The second kappa shape index (κ2) is 4.04. The van der Waals surface area contributed by atoms with E-state index < -0.39 is 0 Å². The van der Waals surface area contributed by atoms with Gasteiger partial charge in [-0.05, 0) is 25.7 Å². The molecule has 0 amide bonds. The van der Waals surface area contributed by atoms with E-state index >= 15 is 0 Å². The highest BCUT2D eigenvalue weighted by molar-refractivity contribution is 4.91. The highest BCUT2D eigenvalue weighted by atomic mass is 16.5. The summed E-state index contributed by atoms with van der Waals surface area (Å²) < 4.78 is 5.83. The van der Waals surface area contributed by atoms with Gasteiger partial charge in [-0.1, -0.05) is 12.8 Å². The largest absolute Gasteiger partial charge is 0.391 e. The molecule has 2 bridgehead atoms. The Balaban J connectivity index is 1.66. The molecule has 1 aliphatic carbocycles. The van der Waals surface area contributed by atoms with Crippen molar-refractivity contribution in [3.63, 3.8) is 0 Å². The standard InChI is InChI=1S/C12H21NO2/c14-12-4-2-1-3-11(12)13-7-9-5-6-10(8-13)15-9/h9-12,14H,1-8H2/t9?,10?,11-,12-/m0/s1. The van der Waals surface area contributed by atoms with Crippen LogP contribution in [-0.4, -0.2) is 47.4 Å². The van der Waals surface area contributed by atoms with Crippen LogP contribution in [0.15, 0.2) is 0 Å². The Kier molecular flexibility index (Phi) is 2.71. The first-order valence-corrected chi connectivity index (χ1v) is 6.40. The van der Waals surface area contributed by atoms with Gasteiger partial charge in [0.15, 0.2) is 0 Å². The normalized spacial score (nSPS) is 47.0. The van der Waals surface area contributed by atoms with Crippen molar-refractivity contribution in [1.82, 2.24) is 4.90 Å². The summed E-state index contributed by atoms with van der Waals surface area (Å²) >= 11 is 0. The number of aliphatic hydroxyl groups is 1. The van der Waals surface area contributed by atoms with E-state index in [1.165, 1.54) is 32.1 Å². The lowest BCUT2D eigenvalue weighted by Gasteiger charge is -2.41. The van der Waals surface area contributed by atoms with E-state index in [0.29, 0.717) is 18.2 Å². The first kappa shape index (κ1) is 10.1. The lowest BCUT2D eigenvalue weighted by molar-refractivity contribution is -0.0804. The van der Waals surface area contributed by atoms with E-state index in [1.54, 1.807) is 0 Å². The summed E-state index contributed by atoms with van der Waals surface area (Å²) in [6.07, 6.45) is 7.95. The van der Waals surface area contributed by atoms with Crippen LogP contribution >= 0.6 is 0 Å². The maximum Gasteiger partial charge on any atom is 0.0707 e. The van der Waals surface area contributed by atoms with Gasteiger partial charge in [0, 0.05) is 19.1 Å². The lowest BCUT2D eigenvalue weighted by atomic mass is 9.91. The minimum absolute atomic E-state index is 0.0868. The van der Waals surface area contributed by atoms with E-state index in [4.69, 9.17) is 4.74 Å². The number of rotatable bonds is 1. The molecule has 4 atom stereocenters. The molecule has 2 saturated heterocycles. The first-order chi connectivity index (χ1) is 7.33. The van der Waals surface area contributed by atoms with Crippen LogP contribution in [0.4, 0.5) is 0 Å². The highest BCUT2D eigenvalue weighted by Crippen LogP contribution is 2.31. The predicted octanol–water partition coefficient (Wildman–Crippen LogP) is 1.15. The van der Waals surface area contributed by atoms with E-state index in [1.807, 2.05) is 0 Å². The monoisotopic (exact) mass is 211 g/mol. The zero-order valence-corrected chi connectivity index (χ0v) is 9.27. The van der Waals surface area contributed by atoms with Crippen molar-refractivity contribution in [3.8, 4) is 0 Å². The topological polar surface area (TPSA) is 32.7 Å². The number of ether oxygens (including phenoxy) is 1. The van der Waals surface area contributed by atoms with Crippen LogP contribution in [0.1, 0.15) is 38.5 Å². The smallest absolute Gasteiger partial charge is 0.0707 e. The summed E-state index contributed by atoms with van der Waals surface area (Å²) in [6, 6.07) is 0.422. The van der Waals surface area contributed by atoms with Gasteiger partial charge in [-0.2, -0.15) is 0 Å². The summed E-state index contributed by atoms with van der Waals surface area (Å²) in [5.41, 5.74) is 0. The fraction of sp³-hybridized carbons (Fsp3) is 1.00. The molecule has 0 aromatic heterocycles. The summed E-state index contributed by atoms with van der Waals surface area (Å²) in [7, 11) is 0. The zero-order chi connectivity index (χ0) is 10.3. The van der Waals surface area contributed by atoms with E-state index in [-0.39, 0.29) is 6.10 Å². The number of morpholine rings is 1. The summed E-state index contributed by atoms with van der Waals surface area (Å²) in [5.74, 6) is 0. The van der Waals surface area contributed by atoms with Crippen molar-refractivity contribution < 1.29 is 9.84 Å². The van der Waals surface area contributed by atoms with Crippen LogP contribution in [0, 0.1) is 0 Å². The van der Waals surface area contributed by atoms with Crippen molar-refractivity contribution in [2.24, 2.45) is 0 Å². The molecule has 3 heteroatoms. The fourth-order valence-electron chi connectivity index (χ4n) is 3.43. The number of hydrogen-bond donors (Lipinski definition) is 1. The molecule has 3 nitrogen and oxygen atoms in total. The van der Waals surface area contributed by atoms with Gasteiger partial charge in [0.05, 0.1) is 18.3 Å². The molecule has 15 heavy (non-hydrogen) atoms. The van der Waals surface area contributed by atoms with E-state index in [9.17, 15) is 5.11 Å². The van der Waals surface area contributed by atoms with E-state index in [2.05, 4.69) is 4.90 Å². The van der Waals surface area contributed by atoms with Gasteiger partial charge in [-0.3, -0.25) is 4.90 Å². The summed E-state index contributed by atoms with van der Waals surface area (Å²) in [4.78, 5) is 2.50. The minimum atomic E-state index is -0.0868. The molecule has 0 spiro atoms. The van der Waals surface area contributed by atoms with Gasteiger partial charge >= 0.3 is 0 Å². The molecule has 1 N–H and O–H groups in total. The molecule has 3 rings (SSSR count). The van der Waals surface area contributed by atoms with Crippen LogP contribution in [0.25, 0.3) is 0 Å². The van der Waals surface area contributed by atoms with E-state index in [0.717, 1.165) is 19.5 Å². The Hall–Kier alpha value is -0.120. The van der Waals surface area contributed by atoms with Gasteiger partial charge in [0.25, 0.3) is 0 Å². The van der Waals surface area contributed by atoms with Crippen molar-refractivity contribution in [3.05, 3.63) is 0 Å². The summed E-state index contributed by atoms with van der Waals surface area (Å²) in [6.45, 7) is 2.11. The van der Waals surface area contributed by atoms with Crippen molar-refractivity contribution >= 4 is 0 Å². The third-order valence-electron chi connectivity index (χ3n) is 4.23. The van der Waals surface area contributed by atoms with Crippen LogP contribution < -0.4 is 0 Å². The van der Waals surface area contributed by atoms with Gasteiger partial charge in [0.1, 0.15) is 0 Å². The van der Waals surface area contributed by atoms with Crippen molar-refractivity contribution in [2.75, 3.05) is 13.1 Å². The highest BCUT2D eigenvalue weighted by Gasteiger charge is 2.38. The number of hydrogen-bond acceptors (Lipinski definition) is 3. The predicted molar refractivity (Wildman–Crippen MR) is 57.7 cm³/mol. The molecule has 0 aromatic carbocycles. The molecule has 2 heterocycles. The maximum absolute atomic E-state index is 10.0. The van der Waals surface area contributed by atoms with Gasteiger partial charge < -0.3 is 9.84 Å². The van der Waals surface area contributed by atoms with Gasteiger partial charge in [-0.15, -0.1) is 0 Å². The van der Waals surface area contributed by atoms with Crippen LogP contribution in [-0.2, 0) is 4.74 Å².